The van der Waals surface area contributed by atoms with E-state index in [0.29, 0.717) is 11.8 Å². The lowest BCUT2D eigenvalue weighted by molar-refractivity contribution is 0.346. The summed E-state index contributed by atoms with van der Waals surface area (Å²) in [5.41, 5.74) is 5.88. The number of nitrogens with zero attached hydrogens (tertiary/aromatic N) is 3. The first-order chi connectivity index (χ1) is 6.65. The Morgan fingerprint density at radius 3 is 2.71 bits per heavy atom. The van der Waals surface area contributed by atoms with E-state index in [2.05, 4.69) is 17.1 Å². The van der Waals surface area contributed by atoms with E-state index in [1.54, 1.807) is 4.90 Å². The summed E-state index contributed by atoms with van der Waals surface area (Å²) in [6.07, 6.45) is 3.11. The lowest BCUT2D eigenvalue weighted by Gasteiger charge is -2.05. The van der Waals surface area contributed by atoms with E-state index in [1.165, 1.54) is 0 Å². The van der Waals surface area contributed by atoms with Gasteiger partial charge in [0.05, 0.1) is 6.04 Å². The predicted octanol–water partition coefficient (Wildman–Crippen LogP) is 1.33. The molecule has 80 valence electrons. The van der Waals surface area contributed by atoms with Crippen LogP contribution in [0.4, 0.5) is 5.95 Å². The van der Waals surface area contributed by atoms with Gasteiger partial charge in [-0.25, -0.2) is 0 Å². The Morgan fingerprint density at radius 2 is 2.21 bits per heavy atom. The van der Waals surface area contributed by atoms with Crippen LogP contribution < -0.4 is 10.6 Å². The van der Waals surface area contributed by atoms with E-state index in [-0.39, 0.29) is 6.04 Å². The minimum absolute atomic E-state index is 0.129. The van der Waals surface area contributed by atoms with Crippen molar-refractivity contribution in [3.05, 3.63) is 5.89 Å². The van der Waals surface area contributed by atoms with Gasteiger partial charge in [0.15, 0.2) is 0 Å². The fraction of sp³-hybridized carbons (Fsp3) is 0.778. The summed E-state index contributed by atoms with van der Waals surface area (Å²) < 4.78 is 5.06. The number of rotatable bonds is 5. The molecule has 0 unspecified atom stereocenters. The van der Waals surface area contributed by atoms with Gasteiger partial charge in [0, 0.05) is 14.1 Å². The molecule has 14 heavy (non-hydrogen) atoms. The largest absolute Gasteiger partial charge is 0.344 e. The summed E-state index contributed by atoms with van der Waals surface area (Å²) in [5, 5.41) is 3.80. The smallest absolute Gasteiger partial charge is 0.265 e. The molecule has 0 bridgehead atoms. The van der Waals surface area contributed by atoms with Crippen molar-refractivity contribution in [2.24, 2.45) is 5.73 Å². The first kappa shape index (κ1) is 11.0. The monoisotopic (exact) mass is 198 g/mol. The van der Waals surface area contributed by atoms with Crippen LogP contribution in [0.1, 0.15) is 38.1 Å². The van der Waals surface area contributed by atoms with Crippen molar-refractivity contribution in [3.63, 3.8) is 0 Å². The molecule has 0 fully saturated rings. The molecule has 0 spiro atoms. The molecule has 5 nitrogen and oxygen atoms in total. The highest BCUT2D eigenvalue weighted by Crippen LogP contribution is 2.16. The van der Waals surface area contributed by atoms with Crippen molar-refractivity contribution in [2.45, 2.75) is 32.2 Å². The molecule has 1 rings (SSSR count). The van der Waals surface area contributed by atoms with E-state index >= 15 is 0 Å². The number of anilines is 1. The highest BCUT2D eigenvalue weighted by Gasteiger charge is 2.14. The van der Waals surface area contributed by atoms with Crippen LogP contribution in [-0.4, -0.2) is 24.2 Å². The number of aromatic nitrogens is 2. The second kappa shape index (κ2) is 4.95. The van der Waals surface area contributed by atoms with Crippen LogP contribution in [0.25, 0.3) is 0 Å². The van der Waals surface area contributed by atoms with E-state index < -0.39 is 0 Å². The Labute approximate surface area is 84.3 Å². The minimum Gasteiger partial charge on any atom is -0.344 e. The third-order valence-electron chi connectivity index (χ3n) is 2.02. The number of hydrogen-bond acceptors (Lipinski definition) is 5. The molecule has 0 saturated heterocycles. The topological polar surface area (TPSA) is 68.2 Å². The predicted molar refractivity (Wildman–Crippen MR) is 55.1 cm³/mol. The number of hydrogen-bond donors (Lipinski definition) is 1. The zero-order chi connectivity index (χ0) is 10.6. The molecule has 0 radical (unpaired) electrons. The molecule has 0 amide bonds. The van der Waals surface area contributed by atoms with Crippen molar-refractivity contribution in [2.75, 3.05) is 19.0 Å². The first-order valence-corrected chi connectivity index (χ1v) is 4.91. The zero-order valence-electron chi connectivity index (χ0n) is 9.03. The Balaban J connectivity index is 2.57. The average molecular weight is 198 g/mol. The van der Waals surface area contributed by atoms with E-state index in [0.717, 1.165) is 19.3 Å². The molecule has 0 saturated carbocycles. The van der Waals surface area contributed by atoms with Gasteiger partial charge in [0.2, 0.25) is 5.89 Å². The molecule has 0 aliphatic carbocycles. The van der Waals surface area contributed by atoms with Crippen molar-refractivity contribution >= 4 is 5.95 Å². The number of nitrogens with two attached hydrogens (primary N) is 1. The summed E-state index contributed by atoms with van der Waals surface area (Å²) in [7, 11) is 3.73. The van der Waals surface area contributed by atoms with E-state index in [4.69, 9.17) is 10.3 Å². The molecule has 5 heteroatoms. The quantitative estimate of drug-likeness (QED) is 0.773. The standard InChI is InChI=1S/C9H18N4O/c1-4-5-6-7(10)8-11-9(12-14-8)13(2)3/h7H,4-6,10H2,1-3H3/t7-/m0/s1. The molecular weight excluding hydrogens is 180 g/mol. The van der Waals surface area contributed by atoms with Gasteiger partial charge in [-0.2, -0.15) is 4.98 Å². The van der Waals surface area contributed by atoms with Gasteiger partial charge in [-0.15, -0.1) is 0 Å². The maximum atomic E-state index is 5.88. The summed E-state index contributed by atoms with van der Waals surface area (Å²) >= 11 is 0. The van der Waals surface area contributed by atoms with Gasteiger partial charge >= 0.3 is 0 Å². The summed E-state index contributed by atoms with van der Waals surface area (Å²) in [4.78, 5) is 5.98. The van der Waals surface area contributed by atoms with Gasteiger partial charge in [0.25, 0.3) is 5.95 Å². The third kappa shape index (κ3) is 2.70. The second-order valence-corrected chi connectivity index (χ2v) is 3.58. The summed E-state index contributed by atoms with van der Waals surface area (Å²) in [6.45, 7) is 2.13. The Hall–Kier alpha value is -1.10. The normalized spacial score (nSPS) is 12.9. The molecule has 1 aromatic rings. The van der Waals surface area contributed by atoms with Crippen LogP contribution in [0.3, 0.4) is 0 Å². The maximum Gasteiger partial charge on any atom is 0.265 e. The minimum atomic E-state index is -0.129. The van der Waals surface area contributed by atoms with Crippen LogP contribution in [0.15, 0.2) is 4.52 Å². The van der Waals surface area contributed by atoms with E-state index in [9.17, 15) is 0 Å². The van der Waals surface area contributed by atoms with Gasteiger partial charge < -0.3 is 15.2 Å². The van der Waals surface area contributed by atoms with Crippen molar-refractivity contribution in [3.8, 4) is 0 Å². The van der Waals surface area contributed by atoms with Crippen molar-refractivity contribution in [1.82, 2.24) is 10.1 Å². The molecule has 0 aliphatic rings. The molecular formula is C9H18N4O. The van der Waals surface area contributed by atoms with Gasteiger partial charge in [-0.3, -0.25) is 0 Å². The fourth-order valence-electron chi connectivity index (χ4n) is 1.11. The highest BCUT2D eigenvalue weighted by atomic mass is 16.5. The first-order valence-electron chi connectivity index (χ1n) is 4.91. The summed E-state index contributed by atoms with van der Waals surface area (Å²) in [5.74, 6) is 1.11. The fourth-order valence-corrected chi connectivity index (χ4v) is 1.11. The number of unbranched alkanes of at least 4 members (excludes halogenated alkanes) is 1. The van der Waals surface area contributed by atoms with Crippen LogP contribution in [0.2, 0.25) is 0 Å². The molecule has 1 aromatic heterocycles. The molecule has 2 N–H and O–H groups in total. The molecule has 1 heterocycles. The van der Waals surface area contributed by atoms with Crippen molar-refractivity contribution in [1.29, 1.82) is 0 Å². The van der Waals surface area contributed by atoms with Crippen LogP contribution in [0.5, 0.6) is 0 Å². The van der Waals surface area contributed by atoms with Crippen LogP contribution in [-0.2, 0) is 0 Å². The van der Waals surface area contributed by atoms with Gasteiger partial charge in [0.1, 0.15) is 0 Å². The molecule has 0 aromatic carbocycles. The maximum absolute atomic E-state index is 5.88. The summed E-state index contributed by atoms with van der Waals surface area (Å²) in [6, 6.07) is -0.129. The average Bonchev–Trinajstić information content (AvgIpc) is 2.62. The second-order valence-electron chi connectivity index (χ2n) is 3.58. The van der Waals surface area contributed by atoms with Crippen LogP contribution in [0, 0.1) is 0 Å². The lowest BCUT2D eigenvalue weighted by Crippen LogP contribution is -2.12. The molecule has 0 aliphatic heterocycles. The van der Waals surface area contributed by atoms with E-state index in [1.807, 2.05) is 14.1 Å². The SMILES string of the molecule is CCCC[C@H](N)c1nc(N(C)C)no1. The Bertz CT molecular complexity index is 272. The van der Waals surface area contributed by atoms with Crippen molar-refractivity contribution < 1.29 is 4.52 Å². The van der Waals surface area contributed by atoms with Crippen LogP contribution >= 0.6 is 0 Å². The lowest BCUT2D eigenvalue weighted by atomic mass is 10.1. The zero-order valence-corrected chi connectivity index (χ0v) is 9.03. The Morgan fingerprint density at radius 1 is 1.50 bits per heavy atom. The van der Waals surface area contributed by atoms with Gasteiger partial charge in [-0.05, 0) is 11.6 Å². The Kier molecular flexibility index (Phi) is 3.88. The van der Waals surface area contributed by atoms with Gasteiger partial charge in [-0.1, -0.05) is 19.8 Å². The highest BCUT2D eigenvalue weighted by molar-refractivity contribution is 5.23. The third-order valence-corrected chi connectivity index (χ3v) is 2.02. The molecule has 1 atom stereocenters.